The average Bonchev–Trinajstić information content (AvgIpc) is 3.63. The maximum Gasteiger partial charge on any atom is 0.313 e. The first-order chi connectivity index (χ1) is 17.9. The smallest absolute Gasteiger partial charge is 0.313 e. The summed E-state index contributed by atoms with van der Waals surface area (Å²) in [4.78, 5) is 17.8. The summed E-state index contributed by atoms with van der Waals surface area (Å²) in [6.45, 7) is 4.39. The van der Waals surface area contributed by atoms with Crippen molar-refractivity contribution in [2.24, 2.45) is 11.1 Å². The van der Waals surface area contributed by atoms with Crippen LogP contribution in [-0.4, -0.2) is 37.5 Å². The van der Waals surface area contributed by atoms with Crippen molar-refractivity contribution >= 4 is 29.1 Å². The number of ether oxygens (including phenoxy) is 4. The van der Waals surface area contributed by atoms with Crippen molar-refractivity contribution in [2.75, 3.05) is 13.2 Å². The number of hydrogen-bond donors (Lipinski definition) is 0. The Kier molecular flexibility index (Phi) is 6.32. The van der Waals surface area contributed by atoms with Gasteiger partial charge in [-0.2, -0.15) is 11.3 Å². The molecule has 2 saturated heterocycles. The average molecular weight is 518 g/mol. The summed E-state index contributed by atoms with van der Waals surface area (Å²) >= 11 is 1.66. The standard InChI is InChI=1S/C29H27NO6S/c1-29(2)34-16-26(35-29)36-30-13-18-4-3-5-22(11-18)32-14-19-6-7-23-21(10-19)12-24-25(15-33-28(24)31)27(23)20-8-9-37-17-20/h3-9,11,13-14,17,24,26H,10,12,15-16H2,1-2H3/b19-14+,30-13?/t24?,26-/m0/s1. The molecule has 1 aromatic carbocycles. The van der Waals surface area contributed by atoms with Gasteiger partial charge in [0.05, 0.1) is 18.4 Å². The van der Waals surface area contributed by atoms with Gasteiger partial charge in [-0.05, 0) is 89.1 Å². The summed E-state index contributed by atoms with van der Waals surface area (Å²) in [7, 11) is 0. The quantitative estimate of drug-likeness (QED) is 0.210. The van der Waals surface area contributed by atoms with E-state index < -0.39 is 12.1 Å². The second-order valence-electron chi connectivity index (χ2n) is 9.79. The number of hydrogen-bond acceptors (Lipinski definition) is 8. The molecule has 3 heterocycles. The molecule has 0 saturated carbocycles. The number of fused-ring (bicyclic) bond motifs is 1. The summed E-state index contributed by atoms with van der Waals surface area (Å²) in [5.41, 5.74) is 7.74. The molecule has 0 radical (unpaired) electrons. The van der Waals surface area contributed by atoms with Crippen LogP contribution in [0.15, 0.2) is 87.0 Å². The zero-order valence-electron chi connectivity index (χ0n) is 20.6. The molecule has 2 aliphatic carbocycles. The fourth-order valence-electron chi connectivity index (χ4n) is 5.02. The number of cyclic esters (lactones) is 1. The molecule has 4 aliphatic rings. The molecule has 0 bridgehead atoms. The number of allylic oxidation sites excluding steroid dienone is 6. The number of thiophene rings is 1. The van der Waals surface area contributed by atoms with Gasteiger partial charge in [0.15, 0.2) is 5.79 Å². The van der Waals surface area contributed by atoms with Crippen molar-refractivity contribution in [1.82, 2.24) is 0 Å². The Morgan fingerprint density at radius 2 is 2.14 bits per heavy atom. The first-order valence-corrected chi connectivity index (χ1v) is 13.2. The summed E-state index contributed by atoms with van der Waals surface area (Å²) in [5.74, 6) is -0.277. The van der Waals surface area contributed by atoms with Crippen LogP contribution in [0.25, 0.3) is 5.57 Å². The lowest BCUT2D eigenvalue weighted by Gasteiger charge is -2.28. The molecule has 37 heavy (non-hydrogen) atoms. The van der Waals surface area contributed by atoms with Crippen molar-refractivity contribution in [3.63, 3.8) is 0 Å². The predicted octanol–water partition coefficient (Wildman–Crippen LogP) is 5.76. The Labute approximate surface area is 219 Å². The summed E-state index contributed by atoms with van der Waals surface area (Å²) in [6, 6.07) is 9.70. The molecular weight excluding hydrogens is 490 g/mol. The number of oxime groups is 1. The van der Waals surface area contributed by atoms with Crippen molar-refractivity contribution in [1.29, 1.82) is 0 Å². The van der Waals surface area contributed by atoms with Gasteiger partial charge in [-0.1, -0.05) is 35.0 Å². The minimum absolute atomic E-state index is 0.121. The lowest BCUT2D eigenvalue weighted by molar-refractivity contribution is -0.190. The monoisotopic (exact) mass is 517 g/mol. The number of benzene rings is 1. The molecule has 2 aromatic rings. The van der Waals surface area contributed by atoms with Crippen molar-refractivity contribution in [2.45, 2.75) is 38.8 Å². The molecule has 2 aliphatic heterocycles. The Morgan fingerprint density at radius 1 is 1.22 bits per heavy atom. The molecule has 2 fully saturated rings. The molecule has 0 amide bonds. The highest BCUT2D eigenvalue weighted by molar-refractivity contribution is 7.08. The third-order valence-corrected chi connectivity index (χ3v) is 7.44. The molecule has 1 aromatic heterocycles. The SMILES string of the molecule is CC1(C)OC[C@H](ON=Cc2cccc(O/C=C3\C=CC4=C(C3)CC3C(=O)OCC3=C4c3ccsc3)c2)O1. The van der Waals surface area contributed by atoms with Gasteiger partial charge in [0.1, 0.15) is 19.0 Å². The lowest BCUT2D eigenvalue weighted by Crippen LogP contribution is -2.21. The van der Waals surface area contributed by atoms with Crippen LogP contribution >= 0.6 is 11.3 Å². The van der Waals surface area contributed by atoms with Crippen molar-refractivity contribution in [3.8, 4) is 5.75 Å². The first kappa shape index (κ1) is 23.9. The van der Waals surface area contributed by atoms with Crippen LogP contribution in [0, 0.1) is 5.92 Å². The fourth-order valence-corrected chi connectivity index (χ4v) is 5.67. The maximum absolute atomic E-state index is 12.4. The van der Waals surface area contributed by atoms with Crippen molar-refractivity contribution < 1.29 is 28.6 Å². The molecule has 0 spiro atoms. The third kappa shape index (κ3) is 5.05. The first-order valence-electron chi connectivity index (χ1n) is 12.2. The van der Waals surface area contributed by atoms with Gasteiger partial charge in [-0.15, -0.1) is 0 Å². The highest BCUT2D eigenvalue weighted by Gasteiger charge is 2.40. The van der Waals surface area contributed by atoms with Crippen LogP contribution in [0.1, 0.15) is 37.8 Å². The Bertz CT molecular complexity index is 1360. The van der Waals surface area contributed by atoms with E-state index in [1.54, 1.807) is 23.8 Å². The van der Waals surface area contributed by atoms with E-state index in [0.717, 1.165) is 34.3 Å². The zero-order chi connectivity index (χ0) is 25.4. The van der Waals surface area contributed by atoms with Gasteiger partial charge in [0.25, 0.3) is 6.29 Å². The number of nitrogens with zero attached hydrogens (tertiary/aromatic N) is 1. The number of rotatable bonds is 6. The molecule has 8 heteroatoms. The van der Waals surface area contributed by atoms with E-state index in [0.29, 0.717) is 25.4 Å². The molecule has 190 valence electrons. The fraction of sp³-hybridized carbons (Fsp3) is 0.310. The van der Waals surface area contributed by atoms with Crippen LogP contribution < -0.4 is 4.74 Å². The van der Waals surface area contributed by atoms with E-state index in [2.05, 4.69) is 34.1 Å². The normalized spacial score (nSPS) is 25.6. The minimum atomic E-state index is -0.659. The largest absolute Gasteiger partial charge is 0.465 e. The molecule has 6 rings (SSSR count). The van der Waals surface area contributed by atoms with Gasteiger partial charge in [-0.25, -0.2) is 0 Å². The lowest BCUT2D eigenvalue weighted by atomic mass is 9.74. The number of carbonyl (C=O) groups excluding carboxylic acids is 1. The maximum atomic E-state index is 12.4. The molecule has 7 nitrogen and oxygen atoms in total. The van der Waals surface area contributed by atoms with E-state index in [4.69, 9.17) is 23.8 Å². The van der Waals surface area contributed by atoms with Crippen LogP contribution in [0.2, 0.25) is 0 Å². The Hall–Kier alpha value is -3.46. The van der Waals surface area contributed by atoms with E-state index in [-0.39, 0.29) is 11.9 Å². The topological polar surface area (TPSA) is 75.6 Å². The third-order valence-electron chi connectivity index (χ3n) is 6.76. The minimum Gasteiger partial charge on any atom is -0.465 e. The number of esters is 1. The van der Waals surface area contributed by atoms with Crippen LogP contribution in [0.3, 0.4) is 0 Å². The van der Waals surface area contributed by atoms with Crippen LogP contribution in [0.4, 0.5) is 0 Å². The van der Waals surface area contributed by atoms with Gasteiger partial charge in [0, 0.05) is 0 Å². The van der Waals surface area contributed by atoms with Crippen LogP contribution in [-0.2, 0) is 23.8 Å². The van der Waals surface area contributed by atoms with E-state index in [1.807, 2.05) is 38.1 Å². The van der Waals surface area contributed by atoms with E-state index >= 15 is 0 Å². The van der Waals surface area contributed by atoms with E-state index in [9.17, 15) is 4.79 Å². The molecular formula is C29H27NO6S. The summed E-state index contributed by atoms with van der Waals surface area (Å²) < 4.78 is 22.5. The summed E-state index contributed by atoms with van der Waals surface area (Å²) in [6.07, 6.45) is 8.52. The highest BCUT2D eigenvalue weighted by atomic mass is 32.1. The molecule has 2 atom stereocenters. The number of carbonyl (C=O) groups is 1. The van der Waals surface area contributed by atoms with E-state index in [1.165, 1.54) is 11.1 Å². The molecule has 0 N–H and O–H groups in total. The van der Waals surface area contributed by atoms with Crippen LogP contribution in [0.5, 0.6) is 5.75 Å². The predicted molar refractivity (Wildman–Crippen MR) is 140 cm³/mol. The van der Waals surface area contributed by atoms with Gasteiger partial charge < -0.3 is 23.8 Å². The molecule has 1 unspecified atom stereocenters. The van der Waals surface area contributed by atoms with Gasteiger partial charge in [0.2, 0.25) is 0 Å². The van der Waals surface area contributed by atoms with Crippen molar-refractivity contribution in [3.05, 3.63) is 92.9 Å². The second-order valence-corrected chi connectivity index (χ2v) is 10.6. The Balaban J connectivity index is 1.14. The zero-order valence-corrected chi connectivity index (χ0v) is 21.5. The van der Waals surface area contributed by atoms with Gasteiger partial charge >= 0.3 is 5.97 Å². The highest BCUT2D eigenvalue weighted by Crippen LogP contribution is 2.47. The van der Waals surface area contributed by atoms with Gasteiger partial charge in [-0.3, -0.25) is 4.79 Å². The summed E-state index contributed by atoms with van der Waals surface area (Å²) in [5, 5.41) is 8.23. The Morgan fingerprint density at radius 3 is 2.95 bits per heavy atom. The second kappa shape index (κ2) is 9.78.